The summed E-state index contributed by atoms with van der Waals surface area (Å²) in [5, 5.41) is 7.75. The quantitative estimate of drug-likeness (QED) is 0.245. The predicted octanol–water partition coefficient (Wildman–Crippen LogP) is 6.41. The van der Waals surface area contributed by atoms with Gasteiger partial charge in [-0.1, -0.05) is 35.3 Å². The Morgan fingerprint density at radius 1 is 1.00 bits per heavy atom. The Balaban J connectivity index is 1.36. The Morgan fingerprint density at radius 3 is 2.66 bits per heavy atom. The highest BCUT2D eigenvalue weighted by Gasteiger charge is 2.18. The van der Waals surface area contributed by atoms with Crippen LogP contribution in [0.5, 0.6) is 0 Å². The predicted molar refractivity (Wildman–Crippen MR) is 152 cm³/mol. The van der Waals surface area contributed by atoms with Crippen molar-refractivity contribution in [2.45, 2.75) is 32.1 Å². The molecule has 0 spiro atoms. The van der Waals surface area contributed by atoms with E-state index in [4.69, 9.17) is 37.8 Å². The molecule has 1 saturated heterocycles. The van der Waals surface area contributed by atoms with E-state index < -0.39 is 0 Å². The van der Waals surface area contributed by atoms with Gasteiger partial charge in [-0.25, -0.2) is 0 Å². The summed E-state index contributed by atoms with van der Waals surface area (Å²) in [5.41, 5.74) is 4.82. The number of aromatic nitrogens is 4. The van der Waals surface area contributed by atoms with Gasteiger partial charge in [0.05, 0.1) is 29.4 Å². The number of halogens is 2. The van der Waals surface area contributed by atoms with Crippen LogP contribution in [0.3, 0.4) is 0 Å². The standard InChI is InChI=1S/C29H28Cl2N4O3/c1-33-26-9-6-18(25-10-11-35(32-25)12-14-38-27-5-3-4-13-37-27)15-21(26)22-17-23(29(36)34(2)28(22)33)20-8-7-19(30)16-24(20)31/h6-11,15-17,27H,3-5,12-14H2,1-2H3. The normalized spacial score (nSPS) is 16.1. The number of benzene rings is 2. The maximum atomic E-state index is 13.4. The molecule has 38 heavy (non-hydrogen) atoms. The van der Waals surface area contributed by atoms with Gasteiger partial charge in [0.2, 0.25) is 0 Å². The highest BCUT2D eigenvalue weighted by molar-refractivity contribution is 6.36. The van der Waals surface area contributed by atoms with Crippen LogP contribution >= 0.6 is 23.2 Å². The highest BCUT2D eigenvalue weighted by Crippen LogP contribution is 2.35. The van der Waals surface area contributed by atoms with Gasteiger partial charge in [-0.15, -0.1) is 0 Å². The van der Waals surface area contributed by atoms with Crippen molar-refractivity contribution in [1.82, 2.24) is 18.9 Å². The van der Waals surface area contributed by atoms with E-state index in [-0.39, 0.29) is 11.8 Å². The summed E-state index contributed by atoms with van der Waals surface area (Å²) in [5.74, 6) is 0. The van der Waals surface area contributed by atoms with Crippen LogP contribution in [0.1, 0.15) is 19.3 Å². The second-order valence-corrected chi connectivity index (χ2v) is 10.5. The first-order valence-electron chi connectivity index (χ1n) is 12.8. The van der Waals surface area contributed by atoms with E-state index in [1.165, 1.54) is 0 Å². The van der Waals surface area contributed by atoms with Crippen LogP contribution in [-0.4, -0.2) is 38.4 Å². The van der Waals surface area contributed by atoms with E-state index in [2.05, 4.69) is 18.2 Å². The van der Waals surface area contributed by atoms with E-state index in [9.17, 15) is 4.79 Å². The molecule has 9 heteroatoms. The van der Waals surface area contributed by atoms with Gasteiger partial charge in [-0.05, 0) is 55.7 Å². The molecule has 0 radical (unpaired) electrons. The Morgan fingerprint density at radius 2 is 1.87 bits per heavy atom. The van der Waals surface area contributed by atoms with Gasteiger partial charge >= 0.3 is 0 Å². The fraction of sp³-hybridized carbons (Fsp3) is 0.310. The maximum absolute atomic E-state index is 13.4. The van der Waals surface area contributed by atoms with Crippen molar-refractivity contribution < 1.29 is 9.47 Å². The zero-order valence-corrected chi connectivity index (χ0v) is 22.8. The van der Waals surface area contributed by atoms with Crippen molar-refractivity contribution in [3.05, 3.63) is 75.1 Å². The molecule has 2 aromatic carbocycles. The minimum Gasteiger partial charge on any atom is -0.353 e. The molecule has 1 aliphatic heterocycles. The summed E-state index contributed by atoms with van der Waals surface area (Å²) >= 11 is 12.6. The van der Waals surface area contributed by atoms with Gasteiger partial charge in [0.25, 0.3) is 5.56 Å². The second-order valence-electron chi connectivity index (χ2n) is 9.71. The smallest absolute Gasteiger partial charge is 0.259 e. The van der Waals surface area contributed by atoms with Crippen molar-refractivity contribution in [3.63, 3.8) is 0 Å². The molecule has 0 N–H and O–H groups in total. The molecule has 6 rings (SSSR count). The van der Waals surface area contributed by atoms with E-state index in [1.54, 1.807) is 29.8 Å². The van der Waals surface area contributed by atoms with Crippen LogP contribution in [0.15, 0.2) is 59.5 Å². The lowest BCUT2D eigenvalue weighted by Crippen LogP contribution is -2.24. The average molecular weight is 551 g/mol. The van der Waals surface area contributed by atoms with Crippen LogP contribution in [0.25, 0.3) is 44.3 Å². The topological polar surface area (TPSA) is 63.2 Å². The average Bonchev–Trinajstić information content (AvgIpc) is 3.50. The first-order chi connectivity index (χ1) is 18.4. The number of hydrogen-bond acceptors (Lipinski definition) is 4. The van der Waals surface area contributed by atoms with Crippen molar-refractivity contribution in [1.29, 1.82) is 0 Å². The fourth-order valence-corrected chi connectivity index (χ4v) is 5.82. The van der Waals surface area contributed by atoms with Crippen LogP contribution in [0, 0.1) is 0 Å². The molecule has 5 aromatic rings. The van der Waals surface area contributed by atoms with Gasteiger partial charge < -0.3 is 14.0 Å². The first-order valence-corrected chi connectivity index (χ1v) is 13.5. The lowest BCUT2D eigenvalue weighted by Gasteiger charge is -2.22. The largest absolute Gasteiger partial charge is 0.353 e. The van der Waals surface area contributed by atoms with E-state index >= 15 is 0 Å². The molecular formula is C29H28Cl2N4O3. The molecule has 7 nitrogen and oxygen atoms in total. The number of rotatable bonds is 6. The van der Waals surface area contributed by atoms with E-state index in [0.29, 0.717) is 34.3 Å². The van der Waals surface area contributed by atoms with Gasteiger partial charge in [-0.3, -0.25) is 14.0 Å². The van der Waals surface area contributed by atoms with Gasteiger partial charge in [0.15, 0.2) is 6.29 Å². The number of nitrogens with zero attached hydrogens (tertiary/aromatic N) is 4. The third-order valence-electron chi connectivity index (χ3n) is 7.27. The Labute approximate surface area is 230 Å². The molecule has 1 fully saturated rings. The molecule has 0 aliphatic carbocycles. The first kappa shape index (κ1) is 25.2. The molecular weight excluding hydrogens is 523 g/mol. The number of fused-ring (bicyclic) bond motifs is 3. The lowest BCUT2D eigenvalue weighted by atomic mass is 10.0. The van der Waals surface area contributed by atoms with Crippen LogP contribution in [0.2, 0.25) is 10.0 Å². The van der Waals surface area contributed by atoms with Crippen LogP contribution in [-0.2, 0) is 30.1 Å². The molecule has 1 atom stereocenters. The Bertz CT molecular complexity index is 1710. The molecule has 4 heterocycles. The van der Waals surface area contributed by atoms with Crippen LogP contribution < -0.4 is 5.56 Å². The van der Waals surface area contributed by atoms with Gasteiger partial charge in [0, 0.05) is 59.4 Å². The Hall–Kier alpha value is -3.10. The van der Waals surface area contributed by atoms with Crippen LogP contribution in [0.4, 0.5) is 0 Å². The molecule has 1 aliphatic rings. The molecule has 0 bridgehead atoms. The number of aryl methyl sites for hydroxylation is 2. The summed E-state index contributed by atoms with van der Waals surface area (Å²) in [6.45, 7) is 1.98. The third kappa shape index (κ3) is 4.54. The zero-order chi connectivity index (χ0) is 26.4. The van der Waals surface area contributed by atoms with Crippen molar-refractivity contribution in [2.75, 3.05) is 13.2 Å². The SMILES string of the molecule is Cn1c(=O)c(-c2ccc(Cl)cc2Cl)cc2c3cc(-c4ccn(CCOC5CCCCO5)n4)ccc3n(C)c21. The summed E-state index contributed by atoms with van der Waals surface area (Å²) < 4.78 is 17.1. The summed E-state index contributed by atoms with van der Waals surface area (Å²) in [6, 6.07) is 15.4. The molecule has 1 unspecified atom stereocenters. The Kier molecular flexibility index (Phi) is 6.78. The third-order valence-corrected chi connectivity index (χ3v) is 7.82. The van der Waals surface area contributed by atoms with E-state index in [1.807, 2.05) is 34.6 Å². The molecule has 0 saturated carbocycles. The maximum Gasteiger partial charge on any atom is 0.259 e. The van der Waals surface area contributed by atoms with E-state index in [0.717, 1.165) is 59.1 Å². The minimum atomic E-state index is -0.118. The monoisotopic (exact) mass is 550 g/mol. The molecule has 0 amide bonds. The summed E-state index contributed by atoms with van der Waals surface area (Å²) in [4.78, 5) is 13.4. The number of hydrogen-bond donors (Lipinski definition) is 0. The lowest BCUT2D eigenvalue weighted by molar-refractivity contribution is -0.163. The fourth-order valence-electron chi connectivity index (χ4n) is 5.31. The minimum absolute atomic E-state index is 0.101. The number of pyridine rings is 1. The highest BCUT2D eigenvalue weighted by atomic mass is 35.5. The molecule has 196 valence electrons. The summed E-state index contributed by atoms with van der Waals surface area (Å²) in [6.07, 6.45) is 5.08. The van der Waals surface area contributed by atoms with Crippen molar-refractivity contribution >= 4 is 45.1 Å². The van der Waals surface area contributed by atoms with Gasteiger partial charge in [-0.2, -0.15) is 5.10 Å². The van der Waals surface area contributed by atoms with Crippen molar-refractivity contribution in [2.24, 2.45) is 14.1 Å². The molecule has 3 aromatic heterocycles. The number of ether oxygens (including phenoxy) is 2. The van der Waals surface area contributed by atoms with Gasteiger partial charge in [0.1, 0.15) is 5.65 Å². The summed E-state index contributed by atoms with van der Waals surface area (Å²) in [7, 11) is 3.77. The van der Waals surface area contributed by atoms with Crippen molar-refractivity contribution in [3.8, 4) is 22.4 Å². The second kappa shape index (κ2) is 10.2. The zero-order valence-electron chi connectivity index (χ0n) is 21.3.